The van der Waals surface area contributed by atoms with Gasteiger partial charge in [0, 0.05) is 6.20 Å². The number of rotatable bonds is 1. The van der Waals surface area contributed by atoms with E-state index in [-0.39, 0.29) is 6.79 Å². The molecular formula is C9H9NO4. The number of nitrogens with zero attached hydrogens (tertiary/aromatic N) is 1. The van der Waals surface area contributed by atoms with Crippen molar-refractivity contribution in [3.05, 3.63) is 17.3 Å². The molecule has 5 heteroatoms. The van der Waals surface area contributed by atoms with Crippen LogP contribution < -0.4 is 9.47 Å². The number of aromatic nitrogens is 1. The van der Waals surface area contributed by atoms with Crippen molar-refractivity contribution >= 4 is 5.97 Å². The molecule has 0 atom stereocenters. The second kappa shape index (κ2) is 3.17. The molecular weight excluding hydrogens is 186 g/mol. The number of aryl methyl sites for hydroxylation is 1. The van der Waals surface area contributed by atoms with Crippen LogP contribution in [0.4, 0.5) is 0 Å². The van der Waals surface area contributed by atoms with Crippen LogP contribution in [0.1, 0.15) is 15.9 Å². The maximum absolute atomic E-state index is 11.4. The molecule has 0 N–H and O–H groups in total. The third kappa shape index (κ3) is 1.17. The summed E-state index contributed by atoms with van der Waals surface area (Å²) in [4.78, 5) is 15.4. The average molecular weight is 195 g/mol. The van der Waals surface area contributed by atoms with Crippen LogP contribution in [0.25, 0.3) is 0 Å². The highest BCUT2D eigenvalue weighted by atomic mass is 16.7. The molecule has 0 unspecified atom stereocenters. The molecule has 0 fully saturated rings. The van der Waals surface area contributed by atoms with Gasteiger partial charge in [-0.3, -0.25) is 0 Å². The van der Waals surface area contributed by atoms with Crippen molar-refractivity contribution in [2.24, 2.45) is 0 Å². The minimum absolute atomic E-state index is 0.0930. The zero-order valence-electron chi connectivity index (χ0n) is 7.86. The second-order valence-electron chi connectivity index (χ2n) is 2.85. The van der Waals surface area contributed by atoms with Crippen LogP contribution in [0.15, 0.2) is 6.20 Å². The minimum atomic E-state index is -0.438. The van der Waals surface area contributed by atoms with E-state index in [0.29, 0.717) is 22.8 Å². The van der Waals surface area contributed by atoms with Crippen LogP contribution in [0.2, 0.25) is 0 Å². The Bertz CT molecular complexity index is 389. The number of fused-ring (bicyclic) bond motifs is 1. The fraction of sp³-hybridized carbons (Fsp3) is 0.333. The van der Waals surface area contributed by atoms with E-state index in [2.05, 4.69) is 9.72 Å². The third-order valence-electron chi connectivity index (χ3n) is 1.98. The molecule has 0 bridgehead atoms. The highest BCUT2D eigenvalue weighted by Gasteiger charge is 2.25. The van der Waals surface area contributed by atoms with Crippen LogP contribution in [0.3, 0.4) is 0 Å². The van der Waals surface area contributed by atoms with Crippen molar-refractivity contribution in [2.45, 2.75) is 6.92 Å². The molecule has 5 nitrogen and oxygen atoms in total. The number of methoxy groups -OCH3 is 1. The lowest BCUT2D eigenvalue weighted by atomic mass is 10.1. The predicted octanol–water partition coefficient (Wildman–Crippen LogP) is 0.905. The van der Waals surface area contributed by atoms with E-state index in [1.807, 2.05) is 0 Å². The van der Waals surface area contributed by atoms with Crippen molar-refractivity contribution in [1.29, 1.82) is 0 Å². The molecule has 2 heterocycles. The molecule has 0 saturated carbocycles. The van der Waals surface area contributed by atoms with Crippen LogP contribution in [0.5, 0.6) is 11.6 Å². The smallest absolute Gasteiger partial charge is 0.342 e. The number of ether oxygens (including phenoxy) is 3. The van der Waals surface area contributed by atoms with Gasteiger partial charge >= 0.3 is 5.97 Å². The van der Waals surface area contributed by atoms with Gasteiger partial charge in [-0.25, -0.2) is 9.78 Å². The first kappa shape index (κ1) is 8.80. The van der Waals surface area contributed by atoms with Gasteiger partial charge in [0.05, 0.1) is 7.11 Å². The summed E-state index contributed by atoms with van der Waals surface area (Å²) in [6.45, 7) is 1.86. The Balaban J connectivity index is 2.57. The van der Waals surface area contributed by atoms with Crippen LogP contribution >= 0.6 is 0 Å². The van der Waals surface area contributed by atoms with Crippen LogP contribution in [0, 0.1) is 6.92 Å². The quantitative estimate of drug-likeness (QED) is 0.623. The molecule has 0 spiro atoms. The molecule has 1 aliphatic heterocycles. The first-order chi connectivity index (χ1) is 6.74. The Morgan fingerprint density at radius 1 is 1.57 bits per heavy atom. The fourth-order valence-electron chi connectivity index (χ4n) is 1.30. The van der Waals surface area contributed by atoms with Gasteiger partial charge in [-0.15, -0.1) is 0 Å². The molecule has 74 valence electrons. The van der Waals surface area contributed by atoms with E-state index in [9.17, 15) is 4.79 Å². The van der Waals surface area contributed by atoms with Gasteiger partial charge in [0.25, 0.3) is 5.88 Å². The number of esters is 1. The lowest BCUT2D eigenvalue weighted by Gasteiger charge is -2.05. The summed E-state index contributed by atoms with van der Waals surface area (Å²) in [5, 5.41) is 0. The van der Waals surface area contributed by atoms with E-state index >= 15 is 0 Å². The predicted molar refractivity (Wildman–Crippen MR) is 46.4 cm³/mol. The van der Waals surface area contributed by atoms with E-state index in [0.717, 1.165) is 0 Å². The Morgan fingerprint density at radius 2 is 2.36 bits per heavy atom. The summed E-state index contributed by atoms with van der Waals surface area (Å²) in [5.41, 5.74) is 1.09. The Labute approximate surface area is 80.6 Å². The van der Waals surface area contributed by atoms with Gasteiger partial charge in [0.1, 0.15) is 5.56 Å². The van der Waals surface area contributed by atoms with Gasteiger partial charge in [-0.2, -0.15) is 0 Å². The molecule has 2 rings (SSSR count). The first-order valence-corrected chi connectivity index (χ1v) is 4.07. The topological polar surface area (TPSA) is 57.7 Å². The minimum Gasteiger partial charge on any atom is -0.465 e. The van der Waals surface area contributed by atoms with Crippen molar-refractivity contribution in [2.75, 3.05) is 13.9 Å². The van der Waals surface area contributed by atoms with Crippen molar-refractivity contribution in [1.82, 2.24) is 4.98 Å². The molecule has 0 amide bonds. The number of carbonyl (C=O) groups excluding carboxylic acids is 1. The number of hydrogen-bond donors (Lipinski definition) is 0. The normalized spacial score (nSPS) is 12.7. The fourth-order valence-corrected chi connectivity index (χ4v) is 1.30. The summed E-state index contributed by atoms with van der Waals surface area (Å²) in [6, 6.07) is 0. The monoisotopic (exact) mass is 195 g/mol. The third-order valence-corrected chi connectivity index (χ3v) is 1.98. The maximum atomic E-state index is 11.4. The van der Waals surface area contributed by atoms with Crippen molar-refractivity contribution in [3.8, 4) is 11.6 Å². The van der Waals surface area contributed by atoms with E-state index < -0.39 is 5.97 Å². The zero-order chi connectivity index (χ0) is 10.1. The molecule has 1 aromatic rings. The van der Waals surface area contributed by atoms with Gasteiger partial charge in [0.2, 0.25) is 12.5 Å². The van der Waals surface area contributed by atoms with Crippen molar-refractivity contribution < 1.29 is 19.0 Å². The Kier molecular flexibility index (Phi) is 1.99. The second-order valence-corrected chi connectivity index (χ2v) is 2.85. The number of carbonyl (C=O) groups is 1. The number of hydrogen-bond acceptors (Lipinski definition) is 5. The summed E-state index contributed by atoms with van der Waals surface area (Å²) in [5.74, 6) is 0.277. The van der Waals surface area contributed by atoms with E-state index in [1.165, 1.54) is 7.11 Å². The first-order valence-electron chi connectivity index (χ1n) is 4.07. The lowest BCUT2D eigenvalue weighted by Crippen LogP contribution is -2.06. The van der Waals surface area contributed by atoms with E-state index in [1.54, 1.807) is 13.1 Å². The Hall–Kier alpha value is -1.78. The van der Waals surface area contributed by atoms with Crippen LogP contribution in [-0.2, 0) is 4.74 Å². The largest absolute Gasteiger partial charge is 0.465 e. The molecule has 0 aliphatic carbocycles. The number of pyridine rings is 1. The van der Waals surface area contributed by atoms with E-state index in [4.69, 9.17) is 9.47 Å². The molecule has 1 aromatic heterocycles. The van der Waals surface area contributed by atoms with Gasteiger partial charge in [-0.05, 0) is 12.5 Å². The van der Waals surface area contributed by atoms with Gasteiger partial charge in [0.15, 0.2) is 0 Å². The van der Waals surface area contributed by atoms with Crippen molar-refractivity contribution in [3.63, 3.8) is 0 Å². The average Bonchev–Trinajstić information content (AvgIpc) is 2.64. The lowest BCUT2D eigenvalue weighted by molar-refractivity contribution is 0.0595. The maximum Gasteiger partial charge on any atom is 0.342 e. The zero-order valence-corrected chi connectivity index (χ0v) is 7.86. The Morgan fingerprint density at radius 3 is 3.07 bits per heavy atom. The molecule has 1 aliphatic rings. The standard InChI is InChI=1S/C9H9NO4/c1-5-3-10-8-7(13-4-14-8)6(5)9(11)12-2/h3H,4H2,1-2H3. The summed E-state index contributed by atoms with van der Waals surface area (Å²) >= 11 is 0. The molecule has 14 heavy (non-hydrogen) atoms. The van der Waals surface area contributed by atoms with Crippen LogP contribution in [-0.4, -0.2) is 24.9 Å². The summed E-state index contributed by atoms with van der Waals surface area (Å²) in [6.07, 6.45) is 1.56. The van der Waals surface area contributed by atoms with Gasteiger partial charge in [-0.1, -0.05) is 0 Å². The molecule has 0 saturated heterocycles. The summed E-state index contributed by atoms with van der Waals surface area (Å²) in [7, 11) is 1.32. The highest BCUT2D eigenvalue weighted by molar-refractivity contribution is 5.94. The molecule has 0 aromatic carbocycles. The SMILES string of the molecule is COC(=O)c1c(C)cnc2c1OCO2. The molecule has 0 radical (unpaired) electrons. The highest BCUT2D eigenvalue weighted by Crippen LogP contribution is 2.35. The summed E-state index contributed by atoms with van der Waals surface area (Å²) < 4.78 is 14.8. The van der Waals surface area contributed by atoms with Gasteiger partial charge < -0.3 is 14.2 Å².